The van der Waals surface area contributed by atoms with Gasteiger partial charge in [0.1, 0.15) is 5.69 Å². The maximum atomic E-state index is 13.7. The van der Waals surface area contributed by atoms with Gasteiger partial charge in [0, 0.05) is 34.8 Å². The molecule has 1 aliphatic heterocycles. The molecule has 2 atom stereocenters. The number of amides is 2. The van der Waals surface area contributed by atoms with Crippen LogP contribution in [0.1, 0.15) is 71.2 Å². The second kappa shape index (κ2) is 11.6. The lowest BCUT2D eigenvalue weighted by molar-refractivity contribution is -0.119. The molecule has 3 aromatic heterocycles. The first-order valence-corrected chi connectivity index (χ1v) is 13.9. The number of pyridine rings is 1. The van der Waals surface area contributed by atoms with Gasteiger partial charge >= 0.3 is 0 Å². The summed E-state index contributed by atoms with van der Waals surface area (Å²) in [6.45, 7) is 10.1. The average molecular weight is 594 g/mol. The van der Waals surface area contributed by atoms with E-state index in [0.29, 0.717) is 22.8 Å². The third kappa shape index (κ3) is 5.36. The molecule has 218 valence electrons. The van der Waals surface area contributed by atoms with Crippen molar-refractivity contribution in [2.24, 2.45) is 5.92 Å². The van der Waals surface area contributed by atoms with Gasteiger partial charge < -0.3 is 10.2 Å². The lowest BCUT2D eigenvalue weighted by Crippen LogP contribution is -2.27. The molecule has 5 rings (SSSR count). The highest BCUT2D eigenvalue weighted by molar-refractivity contribution is 6.31. The second-order valence-electron chi connectivity index (χ2n) is 10.5. The number of aromatic nitrogens is 5. The Morgan fingerprint density at radius 2 is 1.86 bits per heavy atom. The summed E-state index contributed by atoms with van der Waals surface area (Å²) < 4.78 is 29.1. The van der Waals surface area contributed by atoms with Crippen LogP contribution in [-0.4, -0.2) is 43.1 Å². The number of alkyl halides is 2. The third-order valence-corrected chi connectivity index (χ3v) is 8.27. The molecule has 42 heavy (non-hydrogen) atoms. The Labute approximate surface area is 247 Å². The Morgan fingerprint density at radius 3 is 2.55 bits per heavy atom. The number of carbonyl (C=O) groups is 2. The molecule has 0 spiro atoms. The summed E-state index contributed by atoms with van der Waals surface area (Å²) in [5.41, 5.74) is 4.36. The van der Waals surface area contributed by atoms with Gasteiger partial charge in [-0.15, -0.1) is 0 Å². The Kier molecular flexibility index (Phi) is 8.05. The van der Waals surface area contributed by atoms with Crippen molar-refractivity contribution in [2.75, 3.05) is 16.8 Å². The van der Waals surface area contributed by atoms with Crippen molar-refractivity contribution in [1.29, 1.82) is 0 Å². The molecule has 4 aromatic rings. The predicted octanol–water partition coefficient (Wildman–Crippen LogP) is 6.49. The third-order valence-electron chi connectivity index (χ3n) is 7.86. The van der Waals surface area contributed by atoms with Gasteiger partial charge in [0.25, 0.3) is 12.3 Å². The van der Waals surface area contributed by atoms with Crippen molar-refractivity contribution < 1.29 is 18.4 Å². The molecule has 1 saturated heterocycles. The van der Waals surface area contributed by atoms with Crippen LogP contribution in [0.15, 0.2) is 43.1 Å². The van der Waals surface area contributed by atoms with Gasteiger partial charge in [-0.05, 0) is 56.9 Å². The molecule has 2 amide bonds. The van der Waals surface area contributed by atoms with Crippen molar-refractivity contribution in [2.45, 2.75) is 53.5 Å². The topological polar surface area (TPSA) is 106 Å². The number of rotatable bonds is 7. The van der Waals surface area contributed by atoms with Crippen LogP contribution in [0.3, 0.4) is 0 Å². The molecule has 0 aliphatic carbocycles. The minimum atomic E-state index is -2.76. The van der Waals surface area contributed by atoms with E-state index in [0.717, 1.165) is 28.9 Å². The zero-order valence-electron chi connectivity index (χ0n) is 23.8. The number of hydrogen-bond donors (Lipinski definition) is 1. The number of nitrogens with one attached hydrogen (secondary N) is 1. The zero-order chi connectivity index (χ0) is 30.3. The lowest BCUT2D eigenvalue weighted by Gasteiger charge is -2.23. The molecule has 4 heterocycles. The Balaban J connectivity index is 1.35. The van der Waals surface area contributed by atoms with Gasteiger partial charge in [-0.1, -0.05) is 24.6 Å². The molecule has 9 nitrogen and oxygen atoms in total. The summed E-state index contributed by atoms with van der Waals surface area (Å²) in [5.74, 6) is -0.459. The van der Waals surface area contributed by atoms with Crippen LogP contribution >= 0.6 is 11.6 Å². The normalized spacial score (nSPS) is 15.9. The van der Waals surface area contributed by atoms with Gasteiger partial charge in [0.15, 0.2) is 0 Å². The number of hydrogen-bond acceptors (Lipinski definition) is 6. The van der Waals surface area contributed by atoms with Crippen molar-refractivity contribution in [1.82, 2.24) is 24.7 Å². The van der Waals surface area contributed by atoms with E-state index in [1.807, 2.05) is 27.7 Å². The minimum absolute atomic E-state index is 0.00512. The maximum absolute atomic E-state index is 13.7. The molecule has 1 unspecified atom stereocenters. The van der Waals surface area contributed by atoms with Crippen molar-refractivity contribution >= 4 is 34.8 Å². The first-order valence-electron chi connectivity index (χ1n) is 13.5. The van der Waals surface area contributed by atoms with E-state index in [-0.39, 0.29) is 40.4 Å². The van der Waals surface area contributed by atoms with Gasteiger partial charge in [0.05, 0.1) is 53.6 Å². The van der Waals surface area contributed by atoms with E-state index >= 15 is 0 Å². The fourth-order valence-corrected chi connectivity index (χ4v) is 5.38. The first kappa shape index (κ1) is 29.2. The Bertz CT molecular complexity index is 1690. The average Bonchev–Trinajstić information content (AvgIpc) is 3.57. The molecule has 0 radical (unpaired) electrons. The molecule has 1 N–H and O–H groups in total. The molecular formula is C30H30ClF2N7O2. The van der Waals surface area contributed by atoms with E-state index in [9.17, 15) is 18.4 Å². The molecule has 0 bridgehead atoms. The number of anilines is 2. The maximum Gasteiger partial charge on any atom is 0.275 e. The standard InChI is InChI=1S/C30H30ClF2N7O2/c1-15-8-9-39(30(15)42)25-13-35-27(17(3)16(25)2)19(5)40-14-20(10-36-40)37-29(41)24-12-34-11-23(38-24)26-18(4)22(31)7-6-21(26)28(32)33/h6-7,10-15,19,28H,8-9H2,1-5H3,(H,37,41)/t15-,19?/m0/s1. The van der Waals surface area contributed by atoms with Crippen LogP contribution in [0, 0.1) is 26.7 Å². The summed E-state index contributed by atoms with van der Waals surface area (Å²) in [6, 6.07) is 2.39. The number of halogens is 3. The molecule has 1 aliphatic rings. The molecule has 0 saturated carbocycles. The number of carbonyl (C=O) groups excluding carboxylic acids is 2. The minimum Gasteiger partial charge on any atom is -0.318 e. The Hall–Kier alpha value is -4.25. The predicted molar refractivity (Wildman–Crippen MR) is 156 cm³/mol. The van der Waals surface area contributed by atoms with Crippen molar-refractivity contribution in [3.63, 3.8) is 0 Å². The van der Waals surface area contributed by atoms with Gasteiger partial charge in [-0.2, -0.15) is 5.10 Å². The van der Waals surface area contributed by atoms with E-state index in [1.165, 1.54) is 30.7 Å². The summed E-state index contributed by atoms with van der Waals surface area (Å²) >= 11 is 6.19. The number of nitrogens with zero attached hydrogens (tertiary/aromatic N) is 6. The van der Waals surface area contributed by atoms with Crippen LogP contribution in [0.4, 0.5) is 20.2 Å². The summed E-state index contributed by atoms with van der Waals surface area (Å²) in [5, 5.41) is 7.46. The molecular weight excluding hydrogens is 564 g/mol. The summed E-state index contributed by atoms with van der Waals surface area (Å²) in [6.07, 6.45) is 5.57. The van der Waals surface area contributed by atoms with Gasteiger partial charge in [-0.3, -0.25) is 24.2 Å². The van der Waals surface area contributed by atoms with Crippen LogP contribution in [-0.2, 0) is 4.79 Å². The van der Waals surface area contributed by atoms with Crippen LogP contribution in [0.2, 0.25) is 5.02 Å². The highest BCUT2D eigenvalue weighted by Gasteiger charge is 2.31. The monoisotopic (exact) mass is 593 g/mol. The summed E-state index contributed by atoms with van der Waals surface area (Å²) in [4.78, 5) is 40.5. The molecule has 1 aromatic carbocycles. The fraction of sp³-hybridized carbons (Fsp3) is 0.333. The van der Waals surface area contributed by atoms with Crippen molar-refractivity contribution in [3.8, 4) is 11.3 Å². The molecule has 12 heteroatoms. The second-order valence-corrected chi connectivity index (χ2v) is 10.9. The highest BCUT2D eigenvalue weighted by Crippen LogP contribution is 2.36. The van der Waals surface area contributed by atoms with E-state index in [4.69, 9.17) is 11.6 Å². The van der Waals surface area contributed by atoms with Gasteiger partial charge in [0.2, 0.25) is 5.91 Å². The Morgan fingerprint density at radius 1 is 1.10 bits per heavy atom. The lowest BCUT2D eigenvalue weighted by atomic mass is 9.99. The van der Waals surface area contributed by atoms with Gasteiger partial charge in [-0.25, -0.2) is 13.8 Å². The van der Waals surface area contributed by atoms with E-state index < -0.39 is 12.3 Å². The first-order chi connectivity index (χ1) is 20.0. The smallest absolute Gasteiger partial charge is 0.275 e. The van der Waals surface area contributed by atoms with Crippen LogP contribution in [0.5, 0.6) is 0 Å². The quantitative estimate of drug-likeness (QED) is 0.263. The SMILES string of the molecule is Cc1c(N2CC[C@H](C)C2=O)cnc(C(C)n2cc(NC(=O)c3cncc(-c4c(C(F)F)ccc(Cl)c4C)n3)cn2)c1C. The zero-order valence-corrected chi connectivity index (χ0v) is 24.6. The van der Waals surface area contributed by atoms with E-state index in [2.05, 4.69) is 25.4 Å². The van der Waals surface area contributed by atoms with Crippen LogP contribution in [0.25, 0.3) is 11.3 Å². The summed E-state index contributed by atoms with van der Waals surface area (Å²) in [7, 11) is 0. The van der Waals surface area contributed by atoms with E-state index in [1.54, 1.807) is 28.9 Å². The van der Waals surface area contributed by atoms with Crippen LogP contribution < -0.4 is 10.2 Å². The number of benzene rings is 1. The largest absolute Gasteiger partial charge is 0.318 e. The van der Waals surface area contributed by atoms with Crippen molar-refractivity contribution in [3.05, 3.63) is 81.8 Å². The fourth-order valence-electron chi connectivity index (χ4n) is 5.22. The molecule has 1 fully saturated rings. The highest BCUT2D eigenvalue weighted by atomic mass is 35.5.